The van der Waals surface area contributed by atoms with Gasteiger partial charge in [-0.25, -0.2) is 0 Å². The van der Waals surface area contributed by atoms with Crippen LogP contribution in [0, 0.1) is 4.77 Å². The van der Waals surface area contributed by atoms with Crippen LogP contribution in [-0.2, 0) is 6.54 Å². The number of hydrogen-bond donors (Lipinski definition) is 2. The van der Waals surface area contributed by atoms with Crippen molar-refractivity contribution in [1.82, 2.24) is 9.55 Å². The standard InChI is InChI=1S/C25H27N3O3S2/c1-3-5-14-28-24(30)22(23(29)27-25(28)32)19-15-21(16-10-12-17(13-11-16)31-4-2)33-20-9-7-6-8-18(20)26-19/h6-13,21,30H,3-5,14-15H2,1-2H3,(H,27,29,32)/t21-/m1/s1. The van der Waals surface area contributed by atoms with E-state index in [-0.39, 0.29) is 21.5 Å². The molecule has 2 N–H and O–H groups in total. The maximum atomic E-state index is 13.0. The number of aromatic amines is 1. The number of ether oxygens (including phenoxy) is 1. The van der Waals surface area contributed by atoms with E-state index in [0.717, 1.165) is 34.7 Å². The van der Waals surface area contributed by atoms with Crippen LogP contribution in [0.2, 0.25) is 0 Å². The van der Waals surface area contributed by atoms with Gasteiger partial charge in [0.05, 0.1) is 18.0 Å². The van der Waals surface area contributed by atoms with Gasteiger partial charge in [0, 0.05) is 23.1 Å². The normalized spacial score (nSPS) is 15.5. The number of rotatable bonds is 7. The second-order valence-corrected chi connectivity index (χ2v) is 9.43. The van der Waals surface area contributed by atoms with Crippen LogP contribution < -0.4 is 10.3 Å². The molecule has 33 heavy (non-hydrogen) atoms. The molecule has 0 bridgehead atoms. The van der Waals surface area contributed by atoms with Crippen molar-refractivity contribution >= 4 is 35.4 Å². The number of aliphatic imine (C=N–C) groups is 1. The Morgan fingerprint density at radius 3 is 2.70 bits per heavy atom. The van der Waals surface area contributed by atoms with Crippen molar-refractivity contribution in [2.75, 3.05) is 6.61 Å². The Kier molecular flexibility index (Phi) is 7.35. The lowest BCUT2D eigenvalue weighted by atomic mass is 10.0. The number of nitrogens with one attached hydrogen (secondary N) is 1. The van der Waals surface area contributed by atoms with Gasteiger partial charge in [0.1, 0.15) is 11.3 Å². The predicted octanol–water partition coefficient (Wildman–Crippen LogP) is 6.17. The molecule has 0 saturated carbocycles. The lowest BCUT2D eigenvalue weighted by Gasteiger charge is -2.18. The van der Waals surface area contributed by atoms with E-state index in [1.807, 2.05) is 55.5 Å². The minimum Gasteiger partial charge on any atom is -0.494 e. The largest absolute Gasteiger partial charge is 0.494 e. The van der Waals surface area contributed by atoms with Crippen LogP contribution in [0.25, 0.3) is 0 Å². The Hall–Kier alpha value is -2.84. The molecule has 0 unspecified atom stereocenters. The van der Waals surface area contributed by atoms with Gasteiger partial charge in [-0.05, 0) is 55.4 Å². The average Bonchev–Trinajstić information content (AvgIpc) is 2.99. The molecule has 6 nitrogen and oxygen atoms in total. The van der Waals surface area contributed by atoms with Crippen LogP contribution in [0.15, 0.2) is 63.2 Å². The SMILES string of the molecule is CCCCn1c(O)c(C2=Nc3ccccc3S[C@@H](c3ccc(OCC)cc3)C2)c(=O)[nH]c1=S. The van der Waals surface area contributed by atoms with Crippen molar-refractivity contribution in [3.05, 3.63) is 74.8 Å². The fraction of sp³-hybridized carbons (Fsp3) is 0.320. The number of thioether (sulfide) groups is 1. The Morgan fingerprint density at radius 1 is 1.21 bits per heavy atom. The van der Waals surface area contributed by atoms with E-state index in [9.17, 15) is 9.90 Å². The smallest absolute Gasteiger partial charge is 0.264 e. The van der Waals surface area contributed by atoms with Gasteiger partial charge in [0.2, 0.25) is 5.88 Å². The molecule has 172 valence electrons. The van der Waals surface area contributed by atoms with Gasteiger partial charge in [0.15, 0.2) is 4.77 Å². The summed E-state index contributed by atoms with van der Waals surface area (Å²) in [7, 11) is 0. The fourth-order valence-corrected chi connectivity index (χ4v) is 5.35. The van der Waals surface area contributed by atoms with E-state index in [1.165, 1.54) is 0 Å². The number of benzene rings is 2. The van der Waals surface area contributed by atoms with Crippen LogP contribution in [0.3, 0.4) is 0 Å². The zero-order chi connectivity index (χ0) is 23.4. The number of hydrogen-bond acceptors (Lipinski definition) is 6. The Morgan fingerprint density at radius 2 is 1.97 bits per heavy atom. The molecule has 1 aliphatic heterocycles. The van der Waals surface area contributed by atoms with Crippen LogP contribution in [0.5, 0.6) is 11.6 Å². The summed E-state index contributed by atoms with van der Waals surface area (Å²) in [5, 5.41) is 11.1. The van der Waals surface area contributed by atoms with E-state index in [4.69, 9.17) is 21.9 Å². The number of aromatic nitrogens is 2. The molecule has 0 radical (unpaired) electrons. The summed E-state index contributed by atoms with van der Waals surface area (Å²) in [5.41, 5.74) is 2.20. The maximum absolute atomic E-state index is 13.0. The summed E-state index contributed by atoms with van der Waals surface area (Å²) in [5.74, 6) is 0.701. The number of nitrogens with zero attached hydrogens (tertiary/aromatic N) is 2. The number of aromatic hydroxyl groups is 1. The molecular formula is C25H27N3O3S2. The van der Waals surface area contributed by atoms with Gasteiger partial charge >= 0.3 is 0 Å². The molecule has 0 saturated heterocycles. The second kappa shape index (κ2) is 10.4. The van der Waals surface area contributed by atoms with Crippen molar-refractivity contribution in [3.8, 4) is 11.6 Å². The summed E-state index contributed by atoms with van der Waals surface area (Å²) in [4.78, 5) is 21.6. The predicted molar refractivity (Wildman–Crippen MR) is 136 cm³/mol. The summed E-state index contributed by atoms with van der Waals surface area (Å²) in [6.45, 7) is 5.17. The molecule has 2 aromatic carbocycles. The molecule has 0 fully saturated rings. The van der Waals surface area contributed by atoms with Gasteiger partial charge in [0.25, 0.3) is 5.56 Å². The Labute approximate surface area is 202 Å². The third kappa shape index (κ3) is 5.07. The molecule has 1 atom stereocenters. The third-order valence-corrected chi connectivity index (χ3v) is 7.17. The quantitative estimate of drug-likeness (QED) is 0.395. The maximum Gasteiger partial charge on any atom is 0.264 e. The van der Waals surface area contributed by atoms with Gasteiger partial charge in [-0.2, -0.15) is 0 Å². The Balaban J connectivity index is 1.81. The zero-order valence-electron chi connectivity index (χ0n) is 18.7. The molecule has 8 heteroatoms. The van der Waals surface area contributed by atoms with E-state index < -0.39 is 5.56 Å². The number of fused-ring (bicyclic) bond motifs is 1. The van der Waals surface area contributed by atoms with E-state index in [0.29, 0.717) is 25.3 Å². The van der Waals surface area contributed by atoms with Gasteiger partial charge in [-0.1, -0.05) is 37.6 Å². The molecule has 1 aliphatic rings. The van der Waals surface area contributed by atoms with Crippen LogP contribution in [-0.4, -0.2) is 27.0 Å². The molecular weight excluding hydrogens is 454 g/mol. The topological polar surface area (TPSA) is 79.6 Å². The van der Waals surface area contributed by atoms with Crippen molar-refractivity contribution in [1.29, 1.82) is 0 Å². The summed E-state index contributed by atoms with van der Waals surface area (Å²) < 4.78 is 7.40. The van der Waals surface area contributed by atoms with E-state index >= 15 is 0 Å². The summed E-state index contributed by atoms with van der Waals surface area (Å²) >= 11 is 7.02. The van der Waals surface area contributed by atoms with Crippen LogP contribution in [0.4, 0.5) is 5.69 Å². The lowest BCUT2D eigenvalue weighted by Crippen LogP contribution is -2.24. The minimum atomic E-state index is -0.418. The first-order chi connectivity index (χ1) is 16.0. The Bertz CT molecular complexity index is 1280. The van der Waals surface area contributed by atoms with Crippen molar-refractivity contribution in [2.45, 2.75) is 49.8 Å². The van der Waals surface area contributed by atoms with Crippen molar-refractivity contribution in [3.63, 3.8) is 0 Å². The lowest BCUT2D eigenvalue weighted by molar-refractivity contribution is 0.340. The van der Waals surface area contributed by atoms with Crippen LogP contribution >= 0.6 is 24.0 Å². The van der Waals surface area contributed by atoms with Gasteiger partial charge in [-0.3, -0.25) is 19.3 Å². The minimum absolute atomic E-state index is 0.00847. The zero-order valence-corrected chi connectivity index (χ0v) is 20.3. The highest BCUT2D eigenvalue weighted by molar-refractivity contribution is 7.99. The fourth-order valence-electron chi connectivity index (χ4n) is 3.84. The molecule has 0 spiro atoms. The first-order valence-electron chi connectivity index (χ1n) is 11.1. The molecule has 4 rings (SSSR count). The first-order valence-corrected chi connectivity index (χ1v) is 12.4. The van der Waals surface area contributed by atoms with Gasteiger partial charge in [-0.15, -0.1) is 11.8 Å². The number of H-pyrrole nitrogens is 1. The van der Waals surface area contributed by atoms with E-state index in [1.54, 1.807) is 16.3 Å². The molecule has 0 amide bonds. The highest BCUT2D eigenvalue weighted by Gasteiger charge is 2.27. The van der Waals surface area contributed by atoms with Crippen molar-refractivity contribution in [2.24, 2.45) is 4.99 Å². The van der Waals surface area contributed by atoms with Gasteiger partial charge < -0.3 is 9.84 Å². The number of unbranched alkanes of at least 4 members (excludes halogenated alkanes) is 1. The second-order valence-electron chi connectivity index (χ2n) is 7.80. The van der Waals surface area contributed by atoms with Crippen molar-refractivity contribution < 1.29 is 9.84 Å². The monoisotopic (exact) mass is 481 g/mol. The van der Waals surface area contributed by atoms with E-state index in [2.05, 4.69) is 11.9 Å². The summed E-state index contributed by atoms with van der Waals surface area (Å²) in [6.07, 6.45) is 2.27. The molecule has 3 aromatic rings. The highest BCUT2D eigenvalue weighted by atomic mass is 32.2. The molecule has 1 aromatic heterocycles. The third-order valence-electron chi connectivity index (χ3n) is 5.53. The first kappa shape index (κ1) is 23.3. The number of para-hydroxylation sites is 1. The highest BCUT2D eigenvalue weighted by Crippen LogP contribution is 2.46. The average molecular weight is 482 g/mol. The molecule has 2 heterocycles. The summed E-state index contributed by atoms with van der Waals surface area (Å²) in [6, 6.07) is 15.9. The van der Waals surface area contributed by atoms with Crippen LogP contribution in [0.1, 0.15) is 49.5 Å². The molecule has 0 aliphatic carbocycles.